The quantitative estimate of drug-likeness (QED) is 0.339. The average molecular weight is 446 g/mol. The molecule has 0 saturated heterocycles. The number of nitrogens with one attached hydrogen (secondary N) is 2. The number of nitrogens with zero attached hydrogens (tertiary/aromatic N) is 3. The van der Waals surface area contributed by atoms with Crippen LogP contribution in [-0.4, -0.2) is 21.1 Å². The third-order valence-corrected chi connectivity index (χ3v) is 5.53. The van der Waals surface area contributed by atoms with Crippen molar-refractivity contribution in [3.05, 3.63) is 103 Å². The van der Waals surface area contributed by atoms with E-state index in [0.717, 1.165) is 44.5 Å². The Balaban J connectivity index is 1.63. The lowest BCUT2D eigenvalue weighted by Gasteiger charge is -2.15. The molecule has 0 aliphatic rings. The first-order valence-corrected chi connectivity index (χ1v) is 11.1. The van der Waals surface area contributed by atoms with Crippen LogP contribution in [0.15, 0.2) is 97.2 Å². The Hall–Kier alpha value is -4.58. The number of pyridine rings is 1. The maximum atomic E-state index is 11.3. The summed E-state index contributed by atoms with van der Waals surface area (Å²) < 4.78 is 0. The highest BCUT2D eigenvalue weighted by Gasteiger charge is 2.16. The Morgan fingerprint density at radius 2 is 1.56 bits per heavy atom. The molecule has 0 saturated carbocycles. The maximum Gasteiger partial charge on any atom is 0.222 e. The summed E-state index contributed by atoms with van der Waals surface area (Å²) in [5.74, 6) is 1.07. The fourth-order valence-electron chi connectivity index (χ4n) is 3.97. The number of benzene rings is 3. The van der Waals surface area contributed by atoms with Crippen molar-refractivity contribution >= 4 is 28.3 Å². The number of aromatic nitrogens is 3. The van der Waals surface area contributed by atoms with Gasteiger partial charge in [-0.15, -0.1) is 10.2 Å². The molecule has 5 aromatic rings. The SMILES string of the molecule is CC(=O)Nc1ccc(-c2nnc(NCc3ccccc3)c3c(-c4ccccc4)cccc23)cn1. The molecule has 3 aromatic carbocycles. The lowest BCUT2D eigenvalue weighted by atomic mass is 9.96. The highest BCUT2D eigenvalue weighted by Crippen LogP contribution is 2.37. The fourth-order valence-corrected chi connectivity index (χ4v) is 3.97. The Bertz CT molecular complexity index is 1440. The standard InChI is InChI=1S/C28H23N5O/c1-19(34)31-25-16-15-22(18-29-25)27-24-14-8-13-23(21-11-6-3-7-12-21)26(24)28(33-32-27)30-17-20-9-4-2-5-10-20/h2-16,18H,17H2,1H3,(H,30,33)(H,29,31,34). The number of rotatable bonds is 6. The minimum Gasteiger partial charge on any atom is -0.364 e. The molecule has 34 heavy (non-hydrogen) atoms. The van der Waals surface area contributed by atoms with Gasteiger partial charge in [-0.1, -0.05) is 78.9 Å². The van der Waals surface area contributed by atoms with Crippen molar-refractivity contribution in [3.8, 4) is 22.4 Å². The van der Waals surface area contributed by atoms with E-state index in [1.807, 2.05) is 48.5 Å². The van der Waals surface area contributed by atoms with Gasteiger partial charge in [-0.25, -0.2) is 4.98 Å². The molecule has 0 unspecified atom stereocenters. The normalized spacial score (nSPS) is 10.7. The van der Waals surface area contributed by atoms with E-state index in [4.69, 9.17) is 0 Å². The maximum absolute atomic E-state index is 11.3. The molecule has 1 amide bonds. The Kier molecular flexibility index (Phi) is 5.95. The van der Waals surface area contributed by atoms with Gasteiger partial charge < -0.3 is 10.6 Å². The van der Waals surface area contributed by atoms with Crippen LogP contribution in [0.5, 0.6) is 0 Å². The second kappa shape index (κ2) is 9.50. The van der Waals surface area contributed by atoms with Gasteiger partial charge in [-0.2, -0.15) is 0 Å². The van der Waals surface area contributed by atoms with Crippen LogP contribution in [0.1, 0.15) is 12.5 Å². The topological polar surface area (TPSA) is 79.8 Å². The Labute approximate surface area is 197 Å². The summed E-state index contributed by atoms with van der Waals surface area (Å²) in [6, 6.07) is 30.4. The zero-order chi connectivity index (χ0) is 23.3. The summed E-state index contributed by atoms with van der Waals surface area (Å²) in [4.78, 5) is 15.7. The number of amides is 1. The van der Waals surface area contributed by atoms with Crippen LogP contribution in [-0.2, 0) is 11.3 Å². The fraction of sp³-hybridized carbons (Fsp3) is 0.0714. The van der Waals surface area contributed by atoms with Gasteiger partial charge in [-0.3, -0.25) is 4.79 Å². The first-order chi connectivity index (χ1) is 16.7. The zero-order valence-corrected chi connectivity index (χ0v) is 18.7. The Morgan fingerprint density at radius 1 is 0.794 bits per heavy atom. The molecule has 0 aliphatic heterocycles. The molecule has 5 rings (SSSR count). The third kappa shape index (κ3) is 4.47. The minimum atomic E-state index is -0.160. The van der Waals surface area contributed by atoms with Crippen LogP contribution in [0.25, 0.3) is 33.2 Å². The van der Waals surface area contributed by atoms with Crippen LogP contribution in [0.4, 0.5) is 11.6 Å². The van der Waals surface area contributed by atoms with Crippen molar-refractivity contribution in [2.45, 2.75) is 13.5 Å². The summed E-state index contributed by atoms with van der Waals surface area (Å²) in [6.45, 7) is 2.10. The molecule has 0 atom stereocenters. The molecule has 6 heteroatoms. The summed E-state index contributed by atoms with van der Waals surface area (Å²) in [5, 5.41) is 17.3. The molecule has 0 spiro atoms. The number of hydrogen-bond donors (Lipinski definition) is 2. The molecular weight excluding hydrogens is 422 g/mol. The van der Waals surface area contributed by atoms with Crippen LogP contribution in [0.3, 0.4) is 0 Å². The van der Waals surface area contributed by atoms with Crippen LogP contribution in [0.2, 0.25) is 0 Å². The predicted octanol–water partition coefficient (Wildman–Crippen LogP) is 5.93. The minimum absolute atomic E-state index is 0.160. The molecular formula is C28H23N5O. The van der Waals surface area contributed by atoms with Crippen molar-refractivity contribution < 1.29 is 4.79 Å². The second-order valence-electron chi connectivity index (χ2n) is 7.94. The zero-order valence-electron chi connectivity index (χ0n) is 18.7. The summed E-state index contributed by atoms with van der Waals surface area (Å²) >= 11 is 0. The van der Waals surface area contributed by atoms with Gasteiger partial charge in [0.2, 0.25) is 5.91 Å². The number of fused-ring (bicyclic) bond motifs is 1. The largest absolute Gasteiger partial charge is 0.364 e. The summed E-state index contributed by atoms with van der Waals surface area (Å²) in [7, 11) is 0. The van der Waals surface area contributed by atoms with Crippen LogP contribution in [0, 0.1) is 0 Å². The number of carbonyl (C=O) groups is 1. The van der Waals surface area contributed by atoms with Gasteiger partial charge >= 0.3 is 0 Å². The number of hydrogen-bond acceptors (Lipinski definition) is 5. The van der Waals surface area contributed by atoms with Crippen LogP contribution < -0.4 is 10.6 Å². The first-order valence-electron chi connectivity index (χ1n) is 11.1. The van der Waals surface area contributed by atoms with Crippen LogP contribution >= 0.6 is 0 Å². The first kappa shape index (κ1) is 21.3. The van der Waals surface area contributed by atoms with Gasteiger partial charge in [0, 0.05) is 36.0 Å². The molecule has 2 N–H and O–H groups in total. The lowest BCUT2D eigenvalue weighted by molar-refractivity contribution is -0.114. The molecule has 0 fully saturated rings. The van der Waals surface area contributed by atoms with E-state index in [1.54, 1.807) is 12.3 Å². The molecule has 166 valence electrons. The van der Waals surface area contributed by atoms with Crippen molar-refractivity contribution in [1.82, 2.24) is 15.2 Å². The monoisotopic (exact) mass is 445 g/mol. The Morgan fingerprint density at radius 3 is 2.26 bits per heavy atom. The van der Waals surface area contributed by atoms with E-state index in [9.17, 15) is 4.79 Å². The van der Waals surface area contributed by atoms with Gasteiger partial charge in [0.1, 0.15) is 11.5 Å². The van der Waals surface area contributed by atoms with E-state index in [1.165, 1.54) is 6.92 Å². The van der Waals surface area contributed by atoms with Gasteiger partial charge in [0.25, 0.3) is 0 Å². The molecule has 0 bridgehead atoms. The van der Waals surface area contributed by atoms with Gasteiger partial charge in [0.05, 0.1) is 0 Å². The second-order valence-corrected chi connectivity index (χ2v) is 7.94. The van der Waals surface area contributed by atoms with E-state index >= 15 is 0 Å². The van der Waals surface area contributed by atoms with E-state index in [0.29, 0.717) is 12.4 Å². The number of anilines is 2. The van der Waals surface area contributed by atoms with E-state index < -0.39 is 0 Å². The summed E-state index contributed by atoms with van der Waals surface area (Å²) in [6.07, 6.45) is 1.71. The van der Waals surface area contributed by atoms with E-state index in [-0.39, 0.29) is 5.91 Å². The molecule has 0 radical (unpaired) electrons. The molecule has 2 aromatic heterocycles. The van der Waals surface area contributed by atoms with Gasteiger partial charge in [0.15, 0.2) is 5.82 Å². The lowest BCUT2D eigenvalue weighted by Crippen LogP contribution is -2.07. The molecule has 0 aliphatic carbocycles. The predicted molar refractivity (Wildman–Crippen MR) is 136 cm³/mol. The van der Waals surface area contributed by atoms with Crippen molar-refractivity contribution in [2.24, 2.45) is 0 Å². The molecule has 2 heterocycles. The highest BCUT2D eigenvalue weighted by molar-refractivity contribution is 6.08. The van der Waals surface area contributed by atoms with Crippen molar-refractivity contribution in [1.29, 1.82) is 0 Å². The van der Waals surface area contributed by atoms with E-state index in [2.05, 4.69) is 62.2 Å². The van der Waals surface area contributed by atoms with Crippen molar-refractivity contribution in [2.75, 3.05) is 10.6 Å². The smallest absolute Gasteiger partial charge is 0.222 e. The highest BCUT2D eigenvalue weighted by atomic mass is 16.1. The average Bonchev–Trinajstić information content (AvgIpc) is 2.88. The van der Waals surface area contributed by atoms with Crippen molar-refractivity contribution in [3.63, 3.8) is 0 Å². The summed E-state index contributed by atoms with van der Waals surface area (Å²) in [5.41, 5.74) is 4.91. The number of carbonyl (C=O) groups excluding carboxylic acids is 1. The molecule has 6 nitrogen and oxygen atoms in total. The van der Waals surface area contributed by atoms with Gasteiger partial charge in [-0.05, 0) is 28.8 Å². The third-order valence-electron chi connectivity index (χ3n) is 5.53.